The molecule has 0 atom stereocenters. The predicted molar refractivity (Wildman–Crippen MR) is 115 cm³/mol. The van der Waals surface area contributed by atoms with Gasteiger partial charge in [-0.05, 0) is 19.9 Å². The Morgan fingerprint density at radius 3 is 2.64 bits per heavy atom. The van der Waals surface area contributed by atoms with Gasteiger partial charge in [0.2, 0.25) is 5.95 Å². The third-order valence-electron chi connectivity index (χ3n) is 3.26. The number of aryl methyl sites for hydroxylation is 1. The first-order valence-electron chi connectivity index (χ1n) is 8.46. The molecule has 3 N–H and O–H groups in total. The molecule has 156 valence electrons. The highest BCUT2D eigenvalue weighted by Gasteiger charge is 2.32. The van der Waals surface area contributed by atoms with Crippen LogP contribution in [0.3, 0.4) is 0 Å². The van der Waals surface area contributed by atoms with Gasteiger partial charge in [0.25, 0.3) is 0 Å². The summed E-state index contributed by atoms with van der Waals surface area (Å²) in [6.45, 7) is 6.05. The van der Waals surface area contributed by atoms with Gasteiger partial charge >= 0.3 is 6.18 Å². The van der Waals surface area contributed by atoms with Crippen molar-refractivity contribution >= 4 is 47.2 Å². The zero-order valence-corrected chi connectivity index (χ0v) is 18.7. The van der Waals surface area contributed by atoms with E-state index in [2.05, 4.69) is 35.9 Å². The van der Waals surface area contributed by atoms with Crippen molar-refractivity contribution in [2.75, 3.05) is 31.5 Å². The normalized spacial score (nSPS) is 11.7. The monoisotopic (exact) mass is 529 g/mol. The number of rotatable bonds is 8. The highest BCUT2D eigenvalue weighted by Crippen LogP contribution is 2.27. The molecular weight excluding hydrogens is 506 g/mol. The molecule has 0 radical (unpaired) electrons. The number of alkyl halides is 3. The van der Waals surface area contributed by atoms with Crippen LogP contribution in [0.25, 0.3) is 0 Å². The van der Waals surface area contributed by atoms with E-state index in [-0.39, 0.29) is 29.9 Å². The molecule has 0 aliphatic rings. The van der Waals surface area contributed by atoms with Gasteiger partial charge in [0.05, 0.1) is 5.01 Å². The minimum Gasteiger partial charge on any atom is -0.357 e. The lowest BCUT2D eigenvalue weighted by molar-refractivity contribution is -0.141. The first-order chi connectivity index (χ1) is 12.9. The van der Waals surface area contributed by atoms with Gasteiger partial charge in [0, 0.05) is 49.9 Å². The Morgan fingerprint density at radius 2 is 2.00 bits per heavy atom. The van der Waals surface area contributed by atoms with Gasteiger partial charge in [-0.2, -0.15) is 13.2 Å². The summed E-state index contributed by atoms with van der Waals surface area (Å²) in [5.74, 6) is 0.574. The highest BCUT2D eigenvalue weighted by molar-refractivity contribution is 14.0. The standard InChI is InChI=1S/C16H22F3N7S.HI/c1-3-20-14(21-7-5-13-25-10-11(2)27-13)23-8-9-24-15-22-6-4-12(26-15)16(17,18)19;/h4,6,10H,3,5,7-9H2,1-2H3,(H2,20,21,23)(H,22,24,26);1H. The maximum absolute atomic E-state index is 12.6. The number of anilines is 1. The Labute approximate surface area is 182 Å². The molecule has 28 heavy (non-hydrogen) atoms. The summed E-state index contributed by atoms with van der Waals surface area (Å²) in [6, 6.07) is 0.837. The summed E-state index contributed by atoms with van der Waals surface area (Å²) in [4.78, 5) is 17.2. The van der Waals surface area contributed by atoms with Gasteiger partial charge in [-0.25, -0.2) is 15.0 Å². The fourth-order valence-electron chi connectivity index (χ4n) is 2.08. The maximum atomic E-state index is 12.6. The van der Waals surface area contributed by atoms with E-state index >= 15 is 0 Å². The number of nitrogens with zero attached hydrogens (tertiary/aromatic N) is 4. The van der Waals surface area contributed by atoms with Crippen molar-refractivity contribution in [1.29, 1.82) is 0 Å². The van der Waals surface area contributed by atoms with E-state index in [1.807, 2.05) is 20.0 Å². The smallest absolute Gasteiger partial charge is 0.357 e. The minimum absolute atomic E-state index is 0. The number of nitrogens with one attached hydrogen (secondary N) is 3. The second kappa shape index (κ2) is 12.0. The van der Waals surface area contributed by atoms with Crippen LogP contribution in [0.1, 0.15) is 22.5 Å². The lowest BCUT2D eigenvalue weighted by atomic mass is 10.4. The predicted octanol–water partition coefficient (Wildman–Crippen LogP) is 3.09. The van der Waals surface area contributed by atoms with Gasteiger partial charge in [-0.15, -0.1) is 35.3 Å². The van der Waals surface area contributed by atoms with Crippen molar-refractivity contribution in [2.24, 2.45) is 4.99 Å². The molecule has 0 unspecified atom stereocenters. The maximum Gasteiger partial charge on any atom is 0.433 e. The molecule has 7 nitrogen and oxygen atoms in total. The summed E-state index contributed by atoms with van der Waals surface area (Å²) in [5, 5.41) is 10.0. The molecule has 0 saturated carbocycles. The SMILES string of the molecule is CCNC(=NCCc1ncc(C)s1)NCCNc1nccc(C(F)(F)F)n1.I. The zero-order chi connectivity index (χ0) is 19.7. The quantitative estimate of drug-likeness (QED) is 0.211. The van der Waals surface area contributed by atoms with Gasteiger partial charge in [-0.1, -0.05) is 0 Å². The summed E-state index contributed by atoms with van der Waals surface area (Å²) in [6.07, 6.45) is -0.810. The summed E-state index contributed by atoms with van der Waals surface area (Å²) in [5.41, 5.74) is -0.972. The number of hydrogen-bond acceptors (Lipinski definition) is 6. The first kappa shape index (κ1) is 24.3. The first-order valence-corrected chi connectivity index (χ1v) is 9.27. The third-order valence-corrected chi connectivity index (χ3v) is 4.23. The number of hydrogen-bond donors (Lipinski definition) is 3. The average molecular weight is 529 g/mol. The van der Waals surface area contributed by atoms with Crippen molar-refractivity contribution in [3.8, 4) is 0 Å². The van der Waals surface area contributed by atoms with Crippen molar-refractivity contribution in [1.82, 2.24) is 25.6 Å². The molecule has 2 aromatic heterocycles. The Bertz CT molecular complexity index is 752. The van der Waals surface area contributed by atoms with E-state index < -0.39 is 11.9 Å². The fraction of sp³-hybridized carbons (Fsp3) is 0.500. The Morgan fingerprint density at radius 1 is 1.21 bits per heavy atom. The lowest BCUT2D eigenvalue weighted by Crippen LogP contribution is -2.39. The van der Waals surface area contributed by atoms with Gasteiger partial charge in [-0.3, -0.25) is 4.99 Å². The van der Waals surface area contributed by atoms with Crippen LogP contribution in [0, 0.1) is 6.92 Å². The largest absolute Gasteiger partial charge is 0.433 e. The van der Waals surface area contributed by atoms with Crippen LogP contribution in [0.2, 0.25) is 0 Å². The zero-order valence-electron chi connectivity index (χ0n) is 15.5. The molecule has 0 aliphatic heterocycles. The van der Waals surface area contributed by atoms with Crippen molar-refractivity contribution in [3.05, 3.63) is 34.0 Å². The van der Waals surface area contributed by atoms with Gasteiger partial charge in [0.1, 0.15) is 5.69 Å². The van der Waals surface area contributed by atoms with E-state index in [0.717, 1.165) is 23.7 Å². The van der Waals surface area contributed by atoms with Crippen molar-refractivity contribution < 1.29 is 13.2 Å². The summed E-state index contributed by atoms with van der Waals surface area (Å²) < 4.78 is 37.9. The van der Waals surface area contributed by atoms with E-state index in [4.69, 9.17) is 0 Å². The number of guanidine groups is 1. The second-order valence-electron chi connectivity index (χ2n) is 5.49. The average Bonchev–Trinajstić information content (AvgIpc) is 3.03. The van der Waals surface area contributed by atoms with Gasteiger partial charge in [0.15, 0.2) is 5.96 Å². The van der Waals surface area contributed by atoms with Crippen molar-refractivity contribution in [3.63, 3.8) is 0 Å². The van der Waals surface area contributed by atoms with E-state index in [9.17, 15) is 13.2 Å². The lowest BCUT2D eigenvalue weighted by Gasteiger charge is -2.12. The molecule has 0 saturated heterocycles. The Balaban J connectivity index is 0.00000392. The van der Waals surface area contributed by atoms with Crippen LogP contribution in [-0.4, -0.2) is 47.1 Å². The number of aromatic nitrogens is 3. The van der Waals surface area contributed by atoms with Gasteiger partial charge < -0.3 is 16.0 Å². The van der Waals surface area contributed by atoms with Crippen molar-refractivity contribution in [2.45, 2.75) is 26.4 Å². The summed E-state index contributed by atoms with van der Waals surface area (Å²) in [7, 11) is 0. The molecule has 2 aromatic rings. The van der Waals surface area contributed by atoms with E-state index in [1.165, 1.54) is 4.88 Å². The molecule has 0 aliphatic carbocycles. The Kier molecular flexibility index (Phi) is 10.4. The molecule has 0 spiro atoms. The Hall–Kier alpha value is -1.70. The minimum atomic E-state index is -4.49. The molecule has 0 fully saturated rings. The topological polar surface area (TPSA) is 87.1 Å². The van der Waals surface area contributed by atoms with Crippen LogP contribution >= 0.6 is 35.3 Å². The molecule has 0 bridgehead atoms. The van der Waals surface area contributed by atoms with E-state index in [0.29, 0.717) is 32.1 Å². The van der Waals surface area contributed by atoms with Crippen LogP contribution < -0.4 is 16.0 Å². The third kappa shape index (κ3) is 8.54. The number of aliphatic imine (C=N–C) groups is 1. The molecule has 12 heteroatoms. The number of halogens is 4. The fourth-order valence-corrected chi connectivity index (χ4v) is 2.85. The second-order valence-corrected chi connectivity index (χ2v) is 6.81. The molecule has 2 rings (SSSR count). The van der Waals surface area contributed by atoms with Crippen LogP contribution in [-0.2, 0) is 12.6 Å². The summed E-state index contributed by atoms with van der Waals surface area (Å²) >= 11 is 1.65. The van der Waals surface area contributed by atoms with Crippen LogP contribution in [0.5, 0.6) is 0 Å². The van der Waals surface area contributed by atoms with E-state index in [1.54, 1.807) is 11.3 Å². The molecule has 0 amide bonds. The van der Waals surface area contributed by atoms with Crippen LogP contribution in [0.15, 0.2) is 23.5 Å². The molecule has 0 aromatic carbocycles. The molecular formula is C16H23F3IN7S. The highest BCUT2D eigenvalue weighted by atomic mass is 127. The van der Waals surface area contributed by atoms with Crippen LogP contribution in [0.4, 0.5) is 19.1 Å². The molecule has 2 heterocycles. The number of thiazole rings is 1.